The molecule has 1 aromatic heterocycles. The van der Waals surface area contributed by atoms with Crippen LogP contribution in [0.3, 0.4) is 0 Å². The highest BCUT2D eigenvalue weighted by Crippen LogP contribution is 2.01. The Morgan fingerprint density at radius 3 is 1.43 bits per heavy atom. The van der Waals surface area contributed by atoms with Gasteiger partial charge in [0.15, 0.2) is 0 Å². The molecule has 2 aromatic carbocycles. The minimum absolute atomic E-state index is 0.245. The van der Waals surface area contributed by atoms with E-state index >= 15 is 0 Å². The van der Waals surface area contributed by atoms with Crippen molar-refractivity contribution in [3.05, 3.63) is 90.3 Å². The van der Waals surface area contributed by atoms with E-state index in [2.05, 4.69) is 51.4 Å². The first-order valence-electron chi connectivity index (χ1n) is 9.59. The van der Waals surface area contributed by atoms with Gasteiger partial charge in [0.2, 0.25) is 0 Å². The summed E-state index contributed by atoms with van der Waals surface area (Å²) in [7, 11) is 8.55. The summed E-state index contributed by atoms with van der Waals surface area (Å²) in [5, 5.41) is 3.03. The fourth-order valence-corrected chi connectivity index (χ4v) is 1.69. The van der Waals surface area contributed by atoms with Crippen LogP contribution in [0.4, 0.5) is 5.69 Å². The molecule has 1 heterocycles. The third-order valence-corrected chi connectivity index (χ3v) is 3.49. The minimum atomic E-state index is -0.245. The van der Waals surface area contributed by atoms with Crippen LogP contribution in [0.1, 0.15) is 18.2 Å². The van der Waals surface area contributed by atoms with Crippen molar-refractivity contribution in [2.75, 3.05) is 33.7 Å². The van der Waals surface area contributed by atoms with Gasteiger partial charge in [-0.15, -0.1) is 0 Å². The van der Waals surface area contributed by atoms with E-state index in [1.807, 2.05) is 74.9 Å². The van der Waals surface area contributed by atoms with Crippen LogP contribution in [0.5, 0.6) is 0 Å². The van der Waals surface area contributed by atoms with E-state index in [9.17, 15) is 4.79 Å². The van der Waals surface area contributed by atoms with E-state index in [0.29, 0.717) is 0 Å². The molecule has 1 N–H and O–H groups in total. The number of aromatic nitrogens is 1. The molecule has 0 amide bonds. The van der Waals surface area contributed by atoms with Crippen LogP contribution < -0.4 is 5.32 Å². The SMILES string of the molecule is CNc1ccccc1.COC.COC(C)=O.Cc1ccccc1.Cc1cccn1C. The lowest BCUT2D eigenvalue weighted by atomic mass is 10.2. The summed E-state index contributed by atoms with van der Waals surface area (Å²) in [5.41, 5.74) is 3.79. The number of nitrogens with zero attached hydrogens (tertiary/aromatic N) is 1. The molecule has 0 fully saturated rings. The second kappa shape index (κ2) is 20.7. The first-order chi connectivity index (χ1) is 14.3. The van der Waals surface area contributed by atoms with Gasteiger partial charge in [-0.3, -0.25) is 4.79 Å². The number of hydrogen-bond donors (Lipinski definition) is 1. The molecule has 0 radical (unpaired) electrons. The molecule has 5 heteroatoms. The van der Waals surface area contributed by atoms with Crippen LogP contribution in [0.25, 0.3) is 0 Å². The molecular formula is C25H38N2O3. The molecule has 0 saturated heterocycles. The first kappa shape index (κ1) is 29.2. The molecule has 3 aromatic rings. The average molecular weight is 415 g/mol. The summed E-state index contributed by atoms with van der Waals surface area (Å²) in [6, 6.07) is 24.4. The Labute approximate surface area is 182 Å². The predicted molar refractivity (Wildman–Crippen MR) is 128 cm³/mol. The first-order valence-corrected chi connectivity index (χ1v) is 9.59. The smallest absolute Gasteiger partial charge is 0.302 e. The lowest BCUT2D eigenvalue weighted by Gasteiger charge is -1.94. The van der Waals surface area contributed by atoms with Crippen molar-refractivity contribution in [1.82, 2.24) is 4.57 Å². The molecule has 166 valence electrons. The highest BCUT2D eigenvalue weighted by Gasteiger charge is 1.82. The summed E-state index contributed by atoms with van der Waals surface area (Å²) >= 11 is 0. The van der Waals surface area contributed by atoms with Crippen molar-refractivity contribution in [3.8, 4) is 0 Å². The Balaban J connectivity index is 0. The van der Waals surface area contributed by atoms with E-state index in [4.69, 9.17) is 0 Å². The van der Waals surface area contributed by atoms with Gasteiger partial charge < -0.3 is 19.4 Å². The van der Waals surface area contributed by atoms with Gasteiger partial charge in [-0.2, -0.15) is 0 Å². The highest BCUT2D eigenvalue weighted by molar-refractivity contribution is 5.65. The Morgan fingerprint density at radius 2 is 1.27 bits per heavy atom. The fraction of sp³-hybridized carbons (Fsp3) is 0.320. The number of nitrogens with one attached hydrogen (secondary N) is 1. The Bertz CT molecular complexity index is 725. The number of carbonyl (C=O) groups excluding carboxylic acids is 1. The van der Waals surface area contributed by atoms with Gasteiger partial charge in [0.05, 0.1) is 7.11 Å². The lowest BCUT2D eigenvalue weighted by molar-refractivity contribution is -0.137. The van der Waals surface area contributed by atoms with E-state index in [0.717, 1.165) is 5.69 Å². The van der Waals surface area contributed by atoms with Gasteiger partial charge in [0, 0.05) is 52.8 Å². The Hall–Kier alpha value is -3.05. The molecule has 0 aliphatic rings. The summed E-state index contributed by atoms with van der Waals surface area (Å²) in [5.74, 6) is -0.245. The topological polar surface area (TPSA) is 52.5 Å². The third kappa shape index (κ3) is 19.7. The van der Waals surface area contributed by atoms with Crippen LogP contribution in [-0.2, 0) is 21.3 Å². The molecule has 0 saturated carbocycles. The lowest BCUT2D eigenvalue weighted by Crippen LogP contribution is -1.88. The Kier molecular flexibility index (Phi) is 20.1. The number of para-hydroxylation sites is 1. The highest BCUT2D eigenvalue weighted by atomic mass is 16.5. The average Bonchev–Trinajstić information content (AvgIpc) is 3.13. The largest absolute Gasteiger partial charge is 0.469 e. The van der Waals surface area contributed by atoms with Crippen LogP contribution in [0.2, 0.25) is 0 Å². The molecule has 0 atom stereocenters. The van der Waals surface area contributed by atoms with Gasteiger partial charge >= 0.3 is 5.97 Å². The van der Waals surface area contributed by atoms with Crippen molar-refractivity contribution in [2.24, 2.45) is 7.05 Å². The van der Waals surface area contributed by atoms with Crippen LogP contribution >= 0.6 is 0 Å². The Morgan fingerprint density at radius 1 is 0.833 bits per heavy atom. The molecule has 0 aliphatic carbocycles. The predicted octanol–water partition coefficient (Wildman–Crippen LogP) is 5.50. The van der Waals surface area contributed by atoms with Crippen molar-refractivity contribution < 1.29 is 14.3 Å². The molecule has 0 unspecified atom stereocenters. The second-order valence-corrected chi connectivity index (χ2v) is 6.14. The van der Waals surface area contributed by atoms with E-state index < -0.39 is 0 Å². The summed E-state index contributed by atoms with van der Waals surface area (Å²) in [6.07, 6.45) is 2.04. The normalized spacial score (nSPS) is 8.27. The zero-order valence-corrected chi connectivity index (χ0v) is 19.7. The monoisotopic (exact) mass is 414 g/mol. The maximum atomic E-state index is 9.59. The van der Waals surface area contributed by atoms with E-state index in [1.54, 1.807) is 14.2 Å². The number of methoxy groups -OCH3 is 2. The van der Waals surface area contributed by atoms with Gasteiger partial charge in [0.1, 0.15) is 0 Å². The summed E-state index contributed by atoms with van der Waals surface area (Å²) in [4.78, 5) is 9.59. The number of benzene rings is 2. The molecular weight excluding hydrogens is 376 g/mol. The van der Waals surface area contributed by atoms with Gasteiger partial charge in [-0.05, 0) is 38.1 Å². The third-order valence-electron chi connectivity index (χ3n) is 3.49. The maximum absolute atomic E-state index is 9.59. The van der Waals surface area contributed by atoms with Gasteiger partial charge in [-0.1, -0.05) is 54.1 Å². The molecule has 3 rings (SSSR count). The van der Waals surface area contributed by atoms with Crippen LogP contribution in [0, 0.1) is 13.8 Å². The maximum Gasteiger partial charge on any atom is 0.302 e. The quantitative estimate of drug-likeness (QED) is 0.534. The van der Waals surface area contributed by atoms with E-state index in [1.165, 1.54) is 25.3 Å². The number of hydrogen-bond acceptors (Lipinski definition) is 4. The van der Waals surface area contributed by atoms with Crippen LogP contribution in [0.15, 0.2) is 79.0 Å². The molecule has 0 bridgehead atoms. The van der Waals surface area contributed by atoms with Gasteiger partial charge in [-0.25, -0.2) is 0 Å². The second-order valence-electron chi connectivity index (χ2n) is 6.14. The molecule has 5 nitrogen and oxygen atoms in total. The van der Waals surface area contributed by atoms with Crippen molar-refractivity contribution in [3.63, 3.8) is 0 Å². The molecule has 30 heavy (non-hydrogen) atoms. The standard InChI is InChI=1S/C7H9N.C7H8.C6H9N.C3H6O2.C2H6O/c1-8-7-5-3-2-4-6-7;1-7-5-3-2-4-6-7;1-6-4-3-5-7(6)2;1-3(4)5-2;1-3-2/h2-6,8H,1H3;2-6H,1H3;3-5H,1-2H3;1-2H3;1-2H3. The summed E-state index contributed by atoms with van der Waals surface area (Å²) in [6.45, 7) is 5.53. The van der Waals surface area contributed by atoms with Crippen molar-refractivity contribution >= 4 is 11.7 Å². The number of carbonyl (C=O) groups is 1. The zero-order valence-electron chi connectivity index (χ0n) is 19.7. The number of aryl methyl sites for hydroxylation is 3. The fourth-order valence-electron chi connectivity index (χ4n) is 1.69. The number of anilines is 1. The van der Waals surface area contributed by atoms with Crippen LogP contribution in [-0.4, -0.2) is 38.9 Å². The van der Waals surface area contributed by atoms with Crippen molar-refractivity contribution in [1.29, 1.82) is 0 Å². The van der Waals surface area contributed by atoms with Gasteiger partial charge in [0.25, 0.3) is 0 Å². The molecule has 0 aliphatic heterocycles. The number of esters is 1. The molecule has 0 spiro atoms. The van der Waals surface area contributed by atoms with Crippen molar-refractivity contribution in [2.45, 2.75) is 20.8 Å². The number of ether oxygens (including phenoxy) is 2. The number of rotatable bonds is 1. The van der Waals surface area contributed by atoms with E-state index in [-0.39, 0.29) is 5.97 Å². The minimum Gasteiger partial charge on any atom is -0.469 e. The summed E-state index contributed by atoms with van der Waals surface area (Å²) < 4.78 is 10.4. The zero-order chi connectivity index (χ0) is 23.2.